The lowest BCUT2D eigenvalue weighted by atomic mass is 9.95. The number of fused-ring (bicyclic) bond motifs is 2. The van der Waals surface area contributed by atoms with Crippen LogP contribution in [0.3, 0.4) is 0 Å². The zero-order valence-corrected chi connectivity index (χ0v) is 11.7. The van der Waals surface area contributed by atoms with Crippen molar-refractivity contribution in [2.24, 2.45) is 11.8 Å². The summed E-state index contributed by atoms with van der Waals surface area (Å²) in [6.45, 7) is 0. The SMILES string of the molecule is O=C(C=Cc1ccc([N+](=O)[O-])cc1)N[C@H]1C[C@@H]2CC[C@@H]1C2. The molecule has 5 nitrogen and oxygen atoms in total. The highest BCUT2D eigenvalue weighted by Crippen LogP contribution is 2.44. The number of hydrogen-bond acceptors (Lipinski definition) is 3. The summed E-state index contributed by atoms with van der Waals surface area (Å²) in [6.07, 6.45) is 8.12. The Balaban J connectivity index is 1.55. The summed E-state index contributed by atoms with van der Waals surface area (Å²) in [7, 11) is 0. The fraction of sp³-hybridized carbons (Fsp3) is 0.438. The molecule has 0 saturated heterocycles. The Morgan fingerprint density at radius 1 is 1.24 bits per heavy atom. The molecule has 2 saturated carbocycles. The first-order valence-electron chi connectivity index (χ1n) is 7.35. The predicted octanol–water partition coefficient (Wildman–Crippen LogP) is 2.91. The van der Waals surface area contributed by atoms with Crippen LogP contribution in [0.25, 0.3) is 6.08 Å². The van der Waals surface area contributed by atoms with Crippen LogP contribution in [0.4, 0.5) is 5.69 Å². The zero-order valence-electron chi connectivity index (χ0n) is 11.7. The van der Waals surface area contributed by atoms with E-state index in [0.717, 1.165) is 17.9 Å². The van der Waals surface area contributed by atoms with E-state index in [9.17, 15) is 14.9 Å². The van der Waals surface area contributed by atoms with Crippen LogP contribution in [-0.2, 0) is 4.79 Å². The number of nitrogens with one attached hydrogen (secondary N) is 1. The zero-order chi connectivity index (χ0) is 14.8. The van der Waals surface area contributed by atoms with Gasteiger partial charge < -0.3 is 5.32 Å². The number of nitro benzene ring substituents is 1. The molecule has 0 spiro atoms. The normalized spacial score (nSPS) is 27.1. The fourth-order valence-corrected chi connectivity index (χ4v) is 3.53. The van der Waals surface area contributed by atoms with Crippen molar-refractivity contribution in [1.82, 2.24) is 5.32 Å². The van der Waals surface area contributed by atoms with Crippen molar-refractivity contribution < 1.29 is 9.72 Å². The van der Waals surface area contributed by atoms with Crippen molar-refractivity contribution in [3.05, 3.63) is 46.0 Å². The smallest absolute Gasteiger partial charge is 0.269 e. The van der Waals surface area contributed by atoms with Gasteiger partial charge in [-0.05, 0) is 54.9 Å². The van der Waals surface area contributed by atoms with Crippen LogP contribution < -0.4 is 5.32 Å². The quantitative estimate of drug-likeness (QED) is 0.525. The third kappa shape index (κ3) is 3.12. The summed E-state index contributed by atoms with van der Waals surface area (Å²) < 4.78 is 0. The molecular formula is C16H18N2O3. The van der Waals surface area contributed by atoms with Crippen molar-refractivity contribution in [1.29, 1.82) is 0 Å². The van der Waals surface area contributed by atoms with E-state index in [2.05, 4.69) is 5.32 Å². The standard InChI is InChI=1S/C16H18N2O3/c19-16(17-15-10-12-1-5-13(15)9-12)8-4-11-2-6-14(7-3-11)18(20)21/h2-4,6-8,12-13,15H,1,5,9-10H2,(H,17,19)/t12-,13-,15+/m1/s1. The largest absolute Gasteiger partial charge is 0.350 e. The topological polar surface area (TPSA) is 72.2 Å². The van der Waals surface area contributed by atoms with Gasteiger partial charge in [0.05, 0.1) is 4.92 Å². The van der Waals surface area contributed by atoms with E-state index >= 15 is 0 Å². The van der Waals surface area contributed by atoms with E-state index in [0.29, 0.717) is 12.0 Å². The van der Waals surface area contributed by atoms with Crippen LogP contribution in [-0.4, -0.2) is 16.9 Å². The highest BCUT2D eigenvalue weighted by molar-refractivity contribution is 5.92. The molecule has 21 heavy (non-hydrogen) atoms. The maximum absolute atomic E-state index is 11.9. The van der Waals surface area contributed by atoms with Crippen LogP contribution >= 0.6 is 0 Å². The summed E-state index contributed by atoms with van der Waals surface area (Å²) in [5, 5.41) is 13.6. The number of nitro groups is 1. The Morgan fingerprint density at radius 2 is 2.00 bits per heavy atom. The predicted molar refractivity (Wildman–Crippen MR) is 79.5 cm³/mol. The van der Waals surface area contributed by atoms with Crippen molar-refractivity contribution >= 4 is 17.7 Å². The minimum atomic E-state index is -0.435. The van der Waals surface area contributed by atoms with Crippen molar-refractivity contribution in [3.8, 4) is 0 Å². The molecule has 1 aromatic rings. The third-order valence-electron chi connectivity index (χ3n) is 4.60. The summed E-state index contributed by atoms with van der Waals surface area (Å²) in [4.78, 5) is 22.0. The number of benzene rings is 1. The third-order valence-corrected chi connectivity index (χ3v) is 4.60. The average molecular weight is 286 g/mol. The molecule has 110 valence electrons. The molecule has 0 aliphatic heterocycles. The maximum Gasteiger partial charge on any atom is 0.269 e. The molecule has 1 N–H and O–H groups in total. The molecule has 0 radical (unpaired) electrons. The molecule has 2 fully saturated rings. The van der Waals surface area contributed by atoms with E-state index in [1.165, 1.54) is 37.5 Å². The molecule has 2 aliphatic carbocycles. The minimum absolute atomic E-state index is 0.0542. The molecule has 2 aliphatic rings. The summed E-state index contributed by atoms with van der Waals surface area (Å²) in [5.74, 6) is 1.39. The number of non-ortho nitro benzene ring substituents is 1. The van der Waals surface area contributed by atoms with Crippen molar-refractivity contribution in [2.75, 3.05) is 0 Å². The number of nitrogens with zero attached hydrogens (tertiary/aromatic N) is 1. The van der Waals surface area contributed by atoms with E-state index < -0.39 is 4.92 Å². The lowest BCUT2D eigenvalue weighted by molar-refractivity contribution is -0.384. The molecule has 3 atom stereocenters. The highest BCUT2D eigenvalue weighted by atomic mass is 16.6. The first-order chi connectivity index (χ1) is 10.1. The highest BCUT2D eigenvalue weighted by Gasteiger charge is 2.39. The van der Waals surface area contributed by atoms with Crippen molar-refractivity contribution in [2.45, 2.75) is 31.7 Å². The summed E-state index contributed by atoms with van der Waals surface area (Å²) >= 11 is 0. The minimum Gasteiger partial charge on any atom is -0.350 e. The van der Waals surface area contributed by atoms with Gasteiger partial charge >= 0.3 is 0 Å². The van der Waals surface area contributed by atoms with Crippen LogP contribution in [0.1, 0.15) is 31.2 Å². The van der Waals surface area contributed by atoms with Gasteiger partial charge in [0.25, 0.3) is 5.69 Å². The van der Waals surface area contributed by atoms with Gasteiger partial charge in [-0.25, -0.2) is 0 Å². The number of amides is 1. The van der Waals surface area contributed by atoms with E-state index in [1.807, 2.05) is 0 Å². The summed E-state index contributed by atoms with van der Waals surface area (Å²) in [5.41, 5.74) is 0.835. The number of carbonyl (C=O) groups excluding carboxylic acids is 1. The van der Waals surface area contributed by atoms with Crippen molar-refractivity contribution in [3.63, 3.8) is 0 Å². The van der Waals surface area contributed by atoms with Gasteiger partial charge in [0.2, 0.25) is 5.91 Å². The molecule has 5 heteroatoms. The lowest BCUT2D eigenvalue weighted by Gasteiger charge is -2.22. The van der Waals surface area contributed by atoms with Gasteiger partial charge in [-0.1, -0.05) is 6.42 Å². The number of carbonyl (C=O) groups is 1. The molecule has 1 amide bonds. The van der Waals surface area contributed by atoms with Crippen LogP contribution in [0.15, 0.2) is 30.3 Å². The molecule has 0 unspecified atom stereocenters. The maximum atomic E-state index is 11.9. The first-order valence-corrected chi connectivity index (χ1v) is 7.35. The molecule has 3 rings (SSSR count). The van der Waals surface area contributed by atoms with Crippen LogP contribution in [0, 0.1) is 22.0 Å². The van der Waals surface area contributed by atoms with Gasteiger partial charge in [-0.3, -0.25) is 14.9 Å². The summed E-state index contributed by atoms with van der Waals surface area (Å²) in [6, 6.07) is 6.48. The Hall–Kier alpha value is -2.17. The van der Waals surface area contributed by atoms with Gasteiger partial charge in [0, 0.05) is 24.3 Å². The molecule has 1 aromatic carbocycles. The number of hydrogen-bond donors (Lipinski definition) is 1. The van der Waals surface area contributed by atoms with E-state index in [4.69, 9.17) is 0 Å². The van der Waals surface area contributed by atoms with Gasteiger partial charge in [-0.2, -0.15) is 0 Å². The second-order valence-electron chi connectivity index (χ2n) is 5.97. The lowest BCUT2D eigenvalue weighted by Crippen LogP contribution is -2.37. The second kappa shape index (κ2) is 5.68. The molecule has 0 heterocycles. The first kappa shape index (κ1) is 13.8. The van der Waals surface area contributed by atoms with Crippen LogP contribution in [0.2, 0.25) is 0 Å². The molecule has 2 bridgehead atoms. The van der Waals surface area contributed by atoms with Gasteiger partial charge in [-0.15, -0.1) is 0 Å². The molecular weight excluding hydrogens is 268 g/mol. The van der Waals surface area contributed by atoms with E-state index in [-0.39, 0.29) is 11.6 Å². The fourth-order valence-electron chi connectivity index (χ4n) is 3.53. The molecule has 0 aromatic heterocycles. The number of rotatable bonds is 4. The Morgan fingerprint density at radius 3 is 2.57 bits per heavy atom. The van der Waals surface area contributed by atoms with Gasteiger partial charge in [0.1, 0.15) is 0 Å². The van der Waals surface area contributed by atoms with E-state index in [1.54, 1.807) is 18.2 Å². The Kier molecular flexibility index (Phi) is 3.73. The van der Waals surface area contributed by atoms with Crippen LogP contribution in [0.5, 0.6) is 0 Å². The van der Waals surface area contributed by atoms with Gasteiger partial charge in [0.15, 0.2) is 0 Å². The second-order valence-corrected chi connectivity index (χ2v) is 5.97. The Bertz CT molecular complexity index is 580. The monoisotopic (exact) mass is 286 g/mol. The Labute approximate surface area is 123 Å². The average Bonchev–Trinajstić information content (AvgIpc) is 3.08.